The summed E-state index contributed by atoms with van der Waals surface area (Å²) in [6.07, 6.45) is 9.27. The Bertz CT molecular complexity index is 756. The van der Waals surface area contributed by atoms with Crippen LogP contribution in [-0.2, 0) is 6.42 Å². The average Bonchev–Trinajstić information content (AvgIpc) is 2.68. The van der Waals surface area contributed by atoms with Crippen molar-refractivity contribution in [3.05, 3.63) is 65.2 Å². The maximum atomic E-state index is 5.40. The van der Waals surface area contributed by atoms with Crippen LogP contribution in [0.3, 0.4) is 0 Å². The molecule has 0 amide bonds. The van der Waals surface area contributed by atoms with E-state index >= 15 is 0 Å². The zero-order valence-electron chi connectivity index (χ0n) is 17.4. The summed E-state index contributed by atoms with van der Waals surface area (Å²) < 4.78 is 0. The van der Waals surface area contributed by atoms with Crippen molar-refractivity contribution in [1.82, 2.24) is 5.43 Å². The maximum absolute atomic E-state index is 5.40. The Morgan fingerprint density at radius 2 is 1.86 bits per heavy atom. The lowest BCUT2D eigenvalue weighted by atomic mass is 9.94. The summed E-state index contributed by atoms with van der Waals surface area (Å²) in [5, 5.41) is 8.18. The minimum atomic E-state index is 0.413. The van der Waals surface area contributed by atoms with Crippen molar-refractivity contribution in [2.24, 2.45) is 11.0 Å². The Morgan fingerprint density at radius 3 is 2.57 bits per heavy atom. The minimum Gasteiger partial charge on any atom is -0.331 e. The number of nitrogens with zero attached hydrogens (tertiary/aromatic N) is 1. The second kappa shape index (κ2) is 12.3. The molecule has 1 atom stereocenters. The van der Waals surface area contributed by atoms with Gasteiger partial charge in [-0.3, -0.25) is 5.43 Å². The molecule has 0 aliphatic carbocycles. The molecule has 0 radical (unpaired) electrons. The summed E-state index contributed by atoms with van der Waals surface area (Å²) in [5.74, 6) is 0.413. The lowest BCUT2D eigenvalue weighted by molar-refractivity contribution is 0.554. The molecule has 0 saturated heterocycles. The fraction of sp³-hybridized carbons (Fsp3) is 0.417. The third-order valence-corrected chi connectivity index (χ3v) is 5.04. The Kier molecular flexibility index (Phi) is 9.70. The smallest absolute Gasteiger partial charge is 0.191 e. The highest BCUT2D eigenvalue weighted by Gasteiger charge is 2.08. The van der Waals surface area contributed by atoms with Crippen molar-refractivity contribution >= 4 is 29.2 Å². The molecule has 28 heavy (non-hydrogen) atoms. The van der Waals surface area contributed by atoms with Crippen molar-refractivity contribution in [3.8, 4) is 0 Å². The van der Waals surface area contributed by atoms with Crippen LogP contribution in [0, 0.1) is 19.8 Å². The number of thiocarbonyl (C=S) groups is 1. The first-order chi connectivity index (χ1) is 13.6. The molecule has 0 aliphatic heterocycles. The SMILES string of the molecule is CCCCCCC(C=NNC(=S)Nc1ccc(C)cc1C)Cc1ccccc1. The first kappa shape index (κ1) is 22.1. The van der Waals surface area contributed by atoms with Crippen LogP contribution in [0.5, 0.6) is 0 Å². The molecular formula is C24H33N3S. The van der Waals surface area contributed by atoms with Crippen LogP contribution in [0.2, 0.25) is 0 Å². The molecular weight excluding hydrogens is 362 g/mol. The molecule has 0 fully saturated rings. The second-order valence-electron chi connectivity index (χ2n) is 7.46. The zero-order valence-corrected chi connectivity index (χ0v) is 18.2. The van der Waals surface area contributed by atoms with Gasteiger partial charge < -0.3 is 5.32 Å². The Morgan fingerprint density at radius 1 is 1.07 bits per heavy atom. The van der Waals surface area contributed by atoms with Crippen molar-refractivity contribution < 1.29 is 0 Å². The quantitative estimate of drug-likeness (QED) is 0.211. The van der Waals surface area contributed by atoms with Gasteiger partial charge in [0.2, 0.25) is 0 Å². The first-order valence-electron chi connectivity index (χ1n) is 10.3. The molecule has 4 heteroatoms. The summed E-state index contributed by atoms with van der Waals surface area (Å²) in [7, 11) is 0. The molecule has 0 spiro atoms. The van der Waals surface area contributed by atoms with Gasteiger partial charge in [0, 0.05) is 17.8 Å². The molecule has 2 aromatic carbocycles. The number of hydrogen-bond acceptors (Lipinski definition) is 2. The van der Waals surface area contributed by atoms with Crippen molar-refractivity contribution in [3.63, 3.8) is 0 Å². The molecule has 0 aromatic heterocycles. The van der Waals surface area contributed by atoms with Gasteiger partial charge in [-0.2, -0.15) is 5.10 Å². The fourth-order valence-electron chi connectivity index (χ4n) is 3.28. The van der Waals surface area contributed by atoms with Crippen molar-refractivity contribution in [2.45, 2.75) is 59.3 Å². The van der Waals surface area contributed by atoms with Gasteiger partial charge in [0.25, 0.3) is 0 Å². The highest BCUT2D eigenvalue weighted by molar-refractivity contribution is 7.80. The van der Waals surface area contributed by atoms with Gasteiger partial charge in [0.1, 0.15) is 0 Å². The van der Waals surface area contributed by atoms with Crippen LogP contribution < -0.4 is 10.7 Å². The average molecular weight is 396 g/mol. The highest BCUT2D eigenvalue weighted by atomic mass is 32.1. The van der Waals surface area contributed by atoms with Gasteiger partial charge >= 0.3 is 0 Å². The van der Waals surface area contributed by atoms with Crippen LogP contribution in [0.4, 0.5) is 5.69 Å². The Labute approximate surface area is 175 Å². The second-order valence-corrected chi connectivity index (χ2v) is 7.87. The minimum absolute atomic E-state index is 0.413. The molecule has 0 saturated carbocycles. The topological polar surface area (TPSA) is 36.4 Å². The summed E-state index contributed by atoms with van der Waals surface area (Å²) in [6.45, 7) is 6.41. The largest absolute Gasteiger partial charge is 0.331 e. The van der Waals surface area contributed by atoms with Crippen LogP contribution >= 0.6 is 12.2 Å². The van der Waals surface area contributed by atoms with E-state index in [0.717, 1.165) is 18.5 Å². The lowest BCUT2D eigenvalue weighted by Gasteiger charge is -2.13. The van der Waals surface area contributed by atoms with Gasteiger partial charge in [-0.05, 0) is 56.1 Å². The van der Waals surface area contributed by atoms with E-state index in [4.69, 9.17) is 12.2 Å². The van der Waals surface area contributed by atoms with Crippen LogP contribution in [0.25, 0.3) is 0 Å². The Hall–Kier alpha value is -2.20. The number of unbranched alkanes of at least 4 members (excludes halogenated alkanes) is 3. The van der Waals surface area contributed by atoms with Gasteiger partial charge in [-0.25, -0.2) is 0 Å². The van der Waals surface area contributed by atoms with E-state index in [1.807, 2.05) is 12.3 Å². The molecule has 0 heterocycles. The molecule has 1 unspecified atom stereocenters. The molecule has 2 rings (SSSR count). The number of anilines is 1. The van der Waals surface area contributed by atoms with E-state index in [1.54, 1.807) is 0 Å². The predicted molar refractivity (Wildman–Crippen MR) is 126 cm³/mol. The molecule has 2 aromatic rings. The summed E-state index contributed by atoms with van der Waals surface area (Å²) >= 11 is 5.40. The number of nitrogens with one attached hydrogen (secondary N) is 2. The van der Waals surface area contributed by atoms with E-state index in [-0.39, 0.29) is 0 Å². The normalized spacial score (nSPS) is 12.1. The van der Waals surface area contributed by atoms with Crippen LogP contribution in [0.15, 0.2) is 53.6 Å². The van der Waals surface area contributed by atoms with Crippen LogP contribution in [0.1, 0.15) is 55.7 Å². The van der Waals surface area contributed by atoms with Gasteiger partial charge in [-0.1, -0.05) is 80.6 Å². The monoisotopic (exact) mass is 395 g/mol. The molecule has 0 bridgehead atoms. The maximum Gasteiger partial charge on any atom is 0.191 e. The summed E-state index contributed by atoms with van der Waals surface area (Å²) in [4.78, 5) is 0. The van der Waals surface area contributed by atoms with E-state index in [0.29, 0.717) is 11.0 Å². The van der Waals surface area contributed by atoms with Crippen molar-refractivity contribution in [1.29, 1.82) is 0 Å². The summed E-state index contributed by atoms with van der Waals surface area (Å²) in [6, 6.07) is 16.9. The van der Waals surface area contributed by atoms with Crippen LogP contribution in [-0.4, -0.2) is 11.3 Å². The van der Waals surface area contributed by atoms with Gasteiger partial charge in [0.05, 0.1) is 0 Å². The third kappa shape index (κ3) is 8.22. The summed E-state index contributed by atoms with van der Waals surface area (Å²) in [5.41, 5.74) is 7.76. The molecule has 3 nitrogen and oxygen atoms in total. The number of aryl methyl sites for hydroxylation is 2. The standard InChI is InChI=1S/C24H33N3S/c1-4-5-6-8-13-22(17-21-11-9-7-10-12-21)18-25-27-24(28)26-23-15-14-19(2)16-20(23)3/h7,9-12,14-16,18,22H,4-6,8,13,17H2,1-3H3,(H2,26,27,28). The number of hydrazone groups is 1. The predicted octanol–water partition coefficient (Wildman–Crippen LogP) is 6.40. The van der Waals surface area contributed by atoms with E-state index in [9.17, 15) is 0 Å². The lowest BCUT2D eigenvalue weighted by Crippen LogP contribution is -2.25. The van der Waals surface area contributed by atoms with E-state index in [1.165, 1.54) is 42.4 Å². The van der Waals surface area contributed by atoms with E-state index < -0.39 is 0 Å². The van der Waals surface area contributed by atoms with Crippen molar-refractivity contribution in [2.75, 3.05) is 5.32 Å². The number of rotatable bonds is 10. The Balaban J connectivity index is 1.89. The van der Waals surface area contributed by atoms with Gasteiger partial charge in [-0.15, -0.1) is 0 Å². The van der Waals surface area contributed by atoms with E-state index in [2.05, 4.69) is 79.1 Å². The fourth-order valence-corrected chi connectivity index (χ4v) is 3.45. The number of hydrogen-bond donors (Lipinski definition) is 2. The van der Waals surface area contributed by atoms with Gasteiger partial charge in [0.15, 0.2) is 5.11 Å². The third-order valence-electron chi connectivity index (χ3n) is 4.85. The number of benzene rings is 2. The molecule has 150 valence electrons. The highest BCUT2D eigenvalue weighted by Crippen LogP contribution is 2.16. The first-order valence-corrected chi connectivity index (χ1v) is 10.7. The molecule has 2 N–H and O–H groups in total. The zero-order chi connectivity index (χ0) is 20.2. The molecule has 0 aliphatic rings.